The first-order chi connectivity index (χ1) is 13.5. The molecule has 1 aromatic heterocycles. The maximum atomic E-state index is 12.3. The van der Waals surface area contributed by atoms with Gasteiger partial charge in [0, 0.05) is 16.0 Å². The normalized spacial score (nSPS) is 11.3. The van der Waals surface area contributed by atoms with Gasteiger partial charge in [-0.15, -0.1) is 11.8 Å². The van der Waals surface area contributed by atoms with Gasteiger partial charge in [-0.25, -0.2) is 4.98 Å². The van der Waals surface area contributed by atoms with Crippen molar-refractivity contribution < 1.29 is 9.53 Å². The molecule has 28 heavy (non-hydrogen) atoms. The molecular formula is C22H21N3O2S. The van der Waals surface area contributed by atoms with Gasteiger partial charge in [-0.2, -0.15) is 0 Å². The summed E-state index contributed by atoms with van der Waals surface area (Å²) in [5, 5.41) is 2.77. The molecule has 0 bridgehead atoms. The van der Waals surface area contributed by atoms with Gasteiger partial charge in [-0.3, -0.25) is 9.78 Å². The summed E-state index contributed by atoms with van der Waals surface area (Å²) in [5.41, 5.74) is 4.04. The number of carbonyl (C=O) groups is 1. The highest BCUT2D eigenvalue weighted by Gasteiger charge is 2.13. The van der Waals surface area contributed by atoms with Crippen LogP contribution in [0.15, 0.2) is 77.7 Å². The fraction of sp³-hybridized carbons (Fsp3) is 0.136. The van der Waals surface area contributed by atoms with Gasteiger partial charge in [0.05, 0.1) is 23.7 Å². The Morgan fingerprint density at radius 3 is 2.57 bits per heavy atom. The number of hydrogen-bond donors (Lipinski definition) is 1. The van der Waals surface area contributed by atoms with Crippen LogP contribution in [0.5, 0.6) is 0 Å². The molecule has 0 aliphatic heterocycles. The zero-order chi connectivity index (χ0) is 20.1. The first-order valence-corrected chi connectivity index (χ1v) is 9.91. The molecule has 0 aliphatic rings. The van der Waals surface area contributed by atoms with Crippen molar-refractivity contribution in [1.29, 1.82) is 0 Å². The van der Waals surface area contributed by atoms with E-state index in [-0.39, 0.29) is 5.91 Å². The Labute approximate surface area is 168 Å². The molecule has 1 heterocycles. The highest BCUT2D eigenvalue weighted by atomic mass is 32.2. The number of thioether (sulfide) groups is 1. The molecule has 0 atom stereocenters. The van der Waals surface area contributed by atoms with E-state index in [1.807, 2.05) is 42.7 Å². The van der Waals surface area contributed by atoms with Crippen molar-refractivity contribution in [3.05, 3.63) is 72.8 Å². The standard InChI is InChI=1S/C22H21N3O2S/c1-14(2)27-13-15(3)22(26)25-19-12-23-20-17(16-8-6-5-7-9-16)10-11-18(28-4)21(20)24-19/h5-13H,1H2,2-4H3,(H,24,25,26)/b15-13+. The van der Waals surface area contributed by atoms with Crippen LogP contribution >= 0.6 is 11.8 Å². The second kappa shape index (κ2) is 8.71. The monoisotopic (exact) mass is 391 g/mol. The number of amides is 1. The second-order valence-electron chi connectivity index (χ2n) is 6.21. The van der Waals surface area contributed by atoms with E-state index in [1.165, 1.54) is 6.26 Å². The molecule has 0 saturated heterocycles. The molecule has 2 aromatic carbocycles. The maximum Gasteiger partial charge on any atom is 0.255 e. The number of carbonyl (C=O) groups excluding carboxylic acids is 1. The van der Waals surface area contributed by atoms with Crippen LogP contribution in [-0.4, -0.2) is 22.1 Å². The fourth-order valence-corrected chi connectivity index (χ4v) is 3.15. The van der Waals surface area contributed by atoms with E-state index in [0.717, 1.165) is 27.1 Å². The molecule has 1 amide bonds. The first-order valence-electron chi connectivity index (χ1n) is 8.69. The van der Waals surface area contributed by atoms with Crippen molar-refractivity contribution in [1.82, 2.24) is 9.97 Å². The molecular weight excluding hydrogens is 370 g/mol. The highest BCUT2D eigenvalue weighted by Crippen LogP contribution is 2.32. The Balaban J connectivity index is 1.98. The van der Waals surface area contributed by atoms with Crippen LogP contribution in [0.4, 0.5) is 5.82 Å². The van der Waals surface area contributed by atoms with E-state index in [0.29, 0.717) is 17.2 Å². The third kappa shape index (κ3) is 4.40. The minimum absolute atomic E-state index is 0.306. The molecule has 0 aliphatic carbocycles. The third-order valence-electron chi connectivity index (χ3n) is 4.00. The average molecular weight is 391 g/mol. The number of fused-ring (bicyclic) bond motifs is 1. The van der Waals surface area contributed by atoms with Crippen LogP contribution in [0, 0.1) is 0 Å². The van der Waals surface area contributed by atoms with Gasteiger partial charge >= 0.3 is 0 Å². The topological polar surface area (TPSA) is 64.1 Å². The minimum Gasteiger partial charge on any atom is -0.470 e. The molecule has 3 aromatic rings. The average Bonchev–Trinajstić information content (AvgIpc) is 2.71. The van der Waals surface area contributed by atoms with Crippen molar-refractivity contribution in [2.45, 2.75) is 18.7 Å². The summed E-state index contributed by atoms with van der Waals surface area (Å²) in [7, 11) is 0. The van der Waals surface area contributed by atoms with E-state index in [4.69, 9.17) is 4.74 Å². The lowest BCUT2D eigenvalue weighted by Crippen LogP contribution is -2.14. The van der Waals surface area contributed by atoms with E-state index >= 15 is 0 Å². The number of nitrogens with one attached hydrogen (secondary N) is 1. The quantitative estimate of drug-likeness (QED) is 0.346. The Bertz CT molecular complexity index is 1060. The van der Waals surface area contributed by atoms with E-state index < -0.39 is 0 Å². The number of hydrogen-bond acceptors (Lipinski definition) is 5. The molecule has 0 fully saturated rings. The number of allylic oxidation sites excluding steroid dienone is 1. The summed E-state index contributed by atoms with van der Waals surface area (Å²) in [6, 6.07) is 14.1. The van der Waals surface area contributed by atoms with Gasteiger partial charge in [0.15, 0.2) is 5.82 Å². The predicted octanol–water partition coefficient (Wildman–Crippen LogP) is 5.41. The Kier molecular flexibility index (Phi) is 6.11. The molecule has 0 unspecified atom stereocenters. The van der Waals surface area contributed by atoms with Crippen molar-refractivity contribution in [3.63, 3.8) is 0 Å². The van der Waals surface area contributed by atoms with Crippen molar-refractivity contribution in [3.8, 4) is 11.1 Å². The molecule has 5 nitrogen and oxygen atoms in total. The number of nitrogens with zero attached hydrogens (tertiary/aromatic N) is 2. The van der Waals surface area contributed by atoms with E-state index in [1.54, 1.807) is 31.8 Å². The minimum atomic E-state index is -0.306. The molecule has 142 valence electrons. The Morgan fingerprint density at radius 2 is 1.89 bits per heavy atom. The lowest BCUT2D eigenvalue weighted by molar-refractivity contribution is -0.112. The second-order valence-corrected chi connectivity index (χ2v) is 7.06. The molecule has 3 rings (SSSR count). The Morgan fingerprint density at radius 1 is 1.14 bits per heavy atom. The van der Waals surface area contributed by atoms with Gasteiger partial charge in [0.1, 0.15) is 5.52 Å². The van der Waals surface area contributed by atoms with Crippen LogP contribution in [0.1, 0.15) is 13.8 Å². The summed E-state index contributed by atoms with van der Waals surface area (Å²) in [5.74, 6) is 0.594. The number of benzene rings is 2. The van der Waals surface area contributed by atoms with Crippen molar-refractivity contribution in [2.75, 3.05) is 11.6 Å². The summed E-state index contributed by atoms with van der Waals surface area (Å²) in [6.07, 6.45) is 4.93. The lowest BCUT2D eigenvalue weighted by atomic mass is 10.0. The van der Waals surface area contributed by atoms with Crippen LogP contribution in [0.25, 0.3) is 22.2 Å². The van der Waals surface area contributed by atoms with E-state index in [2.05, 4.69) is 27.9 Å². The number of aromatic nitrogens is 2. The molecule has 1 N–H and O–H groups in total. The van der Waals surface area contributed by atoms with Gasteiger partial charge in [-0.05, 0) is 31.7 Å². The first kappa shape index (κ1) is 19.6. The molecule has 6 heteroatoms. The van der Waals surface area contributed by atoms with Gasteiger partial charge in [-0.1, -0.05) is 43.0 Å². The highest BCUT2D eigenvalue weighted by molar-refractivity contribution is 7.98. The summed E-state index contributed by atoms with van der Waals surface area (Å²) in [4.78, 5) is 22.6. The van der Waals surface area contributed by atoms with Gasteiger partial charge in [0.25, 0.3) is 5.91 Å². The largest absolute Gasteiger partial charge is 0.470 e. The van der Waals surface area contributed by atoms with Crippen molar-refractivity contribution >= 4 is 34.5 Å². The molecule has 0 radical (unpaired) electrons. The zero-order valence-electron chi connectivity index (χ0n) is 16.0. The molecule has 0 saturated carbocycles. The predicted molar refractivity (Wildman–Crippen MR) is 115 cm³/mol. The zero-order valence-corrected chi connectivity index (χ0v) is 16.8. The summed E-state index contributed by atoms with van der Waals surface area (Å²) >= 11 is 1.59. The smallest absolute Gasteiger partial charge is 0.255 e. The van der Waals surface area contributed by atoms with Crippen LogP contribution in [-0.2, 0) is 9.53 Å². The van der Waals surface area contributed by atoms with Crippen LogP contribution in [0.3, 0.4) is 0 Å². The van der Waals surface area contributed by atoms with E-state index in [9.17, 15) is 4.79 Å². The fourth-order valence-electron chi connectivity index (χ4n) is 2.61. The SMILES string of the molecule is C=C(C)O/C=C(\C)C(=O)Nc1cnc2c(-c3ccccc3)ccc(SC)c2n1. The lowest BCUT2D eigenvalue weighted by Gasteiger charge is -2.11. The Hall–Kier alpha value is -3.12. The summed E-state index contributed by atoms with van der Waals surface area (Å²) < 4.78 is 5.18. The maximum absolute atomic E-state index is 12.3. The van der Waals surface area contributed by atoms with Crippen molar-refractivity contribution in [2.24, 2.45) is 0 Å². The van der Waals surface area contributed by atoms with Gasteiger partial charge < -0.3 is 10.1 Å². The van der Waals surface area contributed by atoms with Crippen LogP contribution < -0.4 is 5.32 Å². The number of rotatable bonds is 6. The number of ether oxygens (including phenoxy) is 1. The number of anilines is 1. The third-order valence-corrected chi connectivity index (χ3v) is 4.77. The summed E-state index contributed by atoms with van der Waals surface area (Å²) in [6.45, 7) is 7.01. The molecule has 0 spiro atoms. The van der Waals surface area contributed by atoms with Crippen LogP contribution in [0.2, 0.25) is 0 Å². The van der Waals surface area contributed by atoms with Gasteiger partial charge in [0.2, 0.25) is 0 Å².